The molecule has 2 amide bonds. The van der Waals surface area contributed by atoms with E-state index in [1.54, 1.807) is 0 Å². The number of hydrogen-bond donors (Lipinski definition) is 2. The predicted octanol–water partition coefficient (Wildman–Crippen LogP) is 5.21. The van der Waals surface area contributed by atoms with Crippen molar-refractivity contribution in [2.24, 2.45) is 0 Å². The zero-order valence-corrected chi connectivity index (χ0v) is 19.6. The number of rotatable bonds is 8. The molecule has 3 aromatic rings. The third-order valence-corrected chi connectivity index (χ3v) is 7.04. The molecule has 0 unspecified atom stereocenters. The van der Waals surface area contributed by atoms with Gasteiger partial charge in [0.05, 0.1) is 5.69 Å². The summed E-state index contributed by atoms with van der Waals surface area (Å²) in [6.07, 6.45) is 2.37. The summed E-state index contributed by atoms with van der Waals surface area (Å²) in [7, 11) is 1.82. The maximum Gasteiger partial charge on any atom is 0.263 e. The summed E-state index contributed by atoms with van der Waals surface area (Å²) in [6.45, 7) is 2.08. The molecule has 1 aliphatic rings. The van der Waals surface area contributed by atoms with E-state index in [9.17, 15) is 9.59 Å². The van der Waals surface area contributed by atoms with Crippen LogP contribution in [-0.2, 0) is 17.8 Å². The second-order valence-corrected chi connectivity index (χ2v) is 9.34. The van der Waals surface area contributed by atoms with Gasteiger partial charge in [-0.1, -0.05) is 48.0 Å². The Balaban J connectivity index is 1.32. The fraction of sp³-hybridized carbons (Fsp3) is 0.280. The van der Waals surface area contributed by atoms with Crippen molar-refractivity contribution in [1.29, 1.82) is 0 Å². The topological polar surface area (TPSA) is 61.4 Å². The fourth-order valence-corrected chi connectivity index (χ4v) is 5.02. The number of halogens is 1. The molecular formula is C25H26ClN3O2S. The molecule has 0 saturated carbocycles. The summed E-state index contributed by atoms with van der Waals surface area (Å²) in [5.74, 6) is 0.161. The normalized spacial score (nSPS) is 13.4. The highest BCUT2D eigenvalue weighted by Gasteiger charge is 2.20. The number of nitrogens with one attached hydrogen (secondary N) is 2. The Labute approximate surface area is 197 Å². The van der Waals surface area contributed by atoms with Gasteiger partial charge in [-0.05, 0) is 47.7 Å². The molecule has 0 spiro atoms. The Morgan fingerprint density at radius 1 is 1.09 bits per heavy atom. The van der Waals surface area contributed by atoms with Crippen molar-refractivity contribution in [1.82, 2.24) is 10.2 Å². The predicted molar refractivity (Wildman–Crippen MR) is 131 cm³/mol. The maximum atomic E-state index is 12.8. The lowest BCUT2D eigenvalue weighted by Crippen LogP contribution is -2.25. The summed E-state index contributed by atoms with van der Waals surface area (Å²) in [5.41, 5.74) is 4.15. The van der Waals surface area contributed by atoms with E-state index in [0.29, 0.717) is 29.4 Å². The minimum absolute atomic E-state index is 0.0799. The van der Waals surface area contributed by atoms with E-state index in [0.717, 1.165) is 46.6 Å². The average molecular weight is 468 g/mol. The number of carbonyl (C=O) groups is 2. The van der Waals surface area contributed by atoms with Crippen LogP contribution in [0, 0.1) is 0 Å². The molecule has 2 aromatic carbocycles. The Hall–Kier alpha value is -2.83. The largest absolute Gasteiger partial charge is 0.387 e. The van der Waals surface area contributed by atoms with Gasteiger partial charge in [-0.2, -0.15) is 0 Å². The third kappa shape index (κ3) is 5.31. The number of carbonyl (C=O) groups excluding carboxylic acids is 2. The van der Waals surface area contributed by atoms with Crippen LogP contribution in [0.4, 0.5) is 5.69 Å². The first-order chi connectivity index (χ1) is 15.5. The Morgan fingerprint density at radius 3 is 2.47 bits per heavy atom. The number of amides is 2. The standard InChI is InChI=1S/C25H26ClN3O2S/c1-27-21-15-22(19-8-10-20(26)11-9-19)32-24(21)25(31)28-13-12-17-4-6-18(7-5-17)16-29-14-2-3-23(29)30/h4-11,15,27H,2-3,12-14,16H2,1H3,(H,28,31). The molecule has 0 radical (unpaired) electrons. The van der Waals surface area contributed by atoms with E-state index in [-0.39, 0.29) is 11.8 Å². The quantitative estimate of drug-likeness (QED) is 0.478. The smallest absolute Gasteiger partial charge is 0.263 e. The number of benzene rings is 2. The highest BCUT2D eigenvalue weighted by atomic mass is 35.5. The van der Waals surface area contributed by atoms with Crippen LogP contribution in [0.3, 0.4) is 0 Å². The molecular weight excluding hydrogens is 442 g/mol. The number of nitrogens with zero attached hydrogens (tertiary/aromatic N) is 1. The van der Waals surface area contributed by atoms with Crippen LogP contribution in [0.2, 0.25) is 5.02 Å². The maximum absolute atomic E-state index is 12.8. The van der Waals surface area contributed by atoms with Gasteiger partial charge < -0.3 is 15.5 Å². The molecule has 0 atom stereocenters. The molecule has 1 aromatic heterocycles. The zero-order valence-electron chi connectivity index (χ0n) is 18.0. The van der Waals surface area contributed by atoms with Crippen LogP contribution >= 0.6 is 22.9 Å². The minimum Gasteiger partial charge on any atom is -0.387 e. The second kappa shape index (κ2) is 10.2. The molecule has 32 heavy (non-hydrogen) atoms. The van der Waals surface area contributed by atoms with Gasteiger partial charge >= 0.3 is 0 Å². The summed E-state index contributed by atoms with van der Waals surface area (Å²) < 4.78 is 0. The Morgan fingerprint density at radius 2 is 1.81 bits per heavy atom. The van der Waals surface area contributed by atoms with Crippen molar-refractivity contribution >= 4 is 40.4 Å². The van der Waals surface area contributed by atoms with E-state index in [1.807, 2.05) is 42.3 Å². The van der Waals surface area contributed by atoms with Gasteiger partial charge in [-0.25, -0.2) is 0 Å². The molecule has 1 fully saturated rings. The number of anilines is 1. The molecule has 0 bridgehead atoms. The van der Waals surface area contributed by atoms with Gasteiger partial charge in [0.25, 0.3) is 5.91 Å². The van der Waals surface area contributed by atoms with Crippen LogP contribution in [0.25, 0.3) is 10.4 Å². The van der Waals surface area contributed by atoms with Gasteiger partial charge in [0, 0.05) is 43.0 Å². The molecule has 1 aliphatic heterocycles. The Bertz CT molecular complexity index is 1090. The van der Waals surface area contributed by atoms with Crippen molar-refractivity contribution in [2.75, 3.05) is 25.5 Å². The molecule has 5 nitrogen and oxygen atoms in total. The van der Waals surface area contributed by atoms with Gasteiger partial charge in [0.1, 0.15) is 4.88 Å². The highest BCUT2D eigenvalue weighted by Crippen LogP contribution is 2.35. The first-order valence-corrected chi connectivity index (χ1v) is 11.9. The van der Waals surface area contributed by atoms with Crippen LogP contribution < -0.4 is 10.6 Å². The lowest BCUT2D eigenvalue weighted by molar-refractivity contribution is -0.128. The highest BCUT2D eigenvalue weighted by molar-refractivity contribution is 7.18. The van der Waals surface area contributed by atoms with E-state index in [1.165, 1.54) is 11.3 Å². The molecule has 0 aliphatic carbocycles. The SMILES string of the molecule is CNc1cc(-c2ccc(Cl)cc2)sc1C(=O)NCCc1ccc(CN2CCCC2=O)cc1. The van der Waals surface area contributed by atoms with Crippen molar-refractivity contribution in [3.8, 4) is 10.4 Å². The van der Waals surface area contributed by atoms with Crippen LogP contribution in [0.5, 0.6) is 0 Å². The van der Waals surface area contributed by atoms with Gasteiger partial charge in [0.2, 0.25) is 5.91 Å². The molecule has 4 rings (SSSR count). The molecule has 1 saturated heterocycles. The summed E-state index contributed by atoms with van der Waals surface area (Å²) in [5, 5.41) is 6.84. The van der Waals surface area contributed by atoms with Crippen LogP contribution in [0.1, 0.15) is 33.6 Å². The average Bonchev–Trinajstić information content (AvgIpc) is 3.42. The van der Waals surface area contributed by atoms with E-state index in [2.05, 4.69) is 34.9 Å². The van der Waals surface area contributed by atoms with Gasteiger partial charge in [-0.3, -0.25) is 9.59 Å². The van der Waals surface area contributed by atoms with Gasteiger partial charge in [0.15, 0.2) is 0 Å². The summed E-state index contributed by atoms with van der Waals surface area (Å²) in [4.78, 5) is 28.2. The second-order valence-electron chi connectivity index (χ2n) is 7.85. The van der Waals surface area contributed by atoms with E-state index >= 15 is 0 Å². The molecule has 166 valence electrons. The zero-order chi connectivity index (χ0) is 22.5. The first kappa shape index (κ1) is 22.4. The lowest BCUT2D eigenvalue weighted by Gasteiger charge is -2.15. The molecule has 2 heterocycles. The number of thiophene rings is 1. The van der Waals surface area contributed by atoms with E-state index in [4.69, 9.17) is 11.6 Å². The monoisotopic (exact) mass is 467 g/mol. The molecule has 7 heteroatoms. The summed E-state index contributed by atoms with van der Waals surface area (Å²) in [6, 6.07) is 17.9. The Kier molecular flexibility index (Phi) is 7.12. The number of likely N-dealkylation sites (tertiary alicyclic amines) is 1. The molecule has 2 N–H and O–H groups in total. The van der Waals surface area contributed by atoms with Crippen LogP contribution in [0.15, 0.2) is 54.6 Å². The third-order valence-electron chi connectivity index (χ3n) is 5.60. The minimum atomic E-state index is -0.0799. The van der Waals surface area contributed by atoms with Crippen molar-refractivity contribution in [3.63, 3.8) is 0 Å². The van der Waals surface area contributed by atoms with Crippen molar-refractivity contribution < 1.29 is 9.59 Å². The van der Waals surface area contributed by atoms with Crippen LogP contribution in [-0.4, -0.2) is 36.9 Å². The number of hydrogen-bond acceptors (Lipinski definition) is 4. The van der Waals surface area contributed by atoms with Gasteiger partial charge in [-0.15, -0.1) is 11.3 Å². The fourth-order valence-electron chi connectivity index (χ4n) is 3.81. The first-order valence-electron chi connectivity index (χ1n) is 10.7. The van der Waals surface area contributed by atoms with Crippen molar-refractivity contribution in [2.45, 2.75) is 25.8 Å². The summed E-state index contributed by atoms with van der Waals surface area (Å²) >= 11 is 7.45. The lowest BCUT2D eigenvalue weighted by atomic mass is 10.1. The van der Waals surface area contributed by atoms with Crippen molar-refractivity contribution in [3.05, 3.63) is 75.6 Å². The van der Waals surface area contributed by atoms with E-state index < -0.39 is 0 Å².